The van der Waals surface area contributed by atoms with Gasteiger partial charge in [0.1, 0.15) is 34.6 Å². The molecule has 0 saturated heterocycles. The van der Waals surface area contributed by atoms with Crippen molar-refractivity contribution in [1.82, 2.24) is 0 Å². The molecule has 0 amide bonds. The summed E-state index contributed by atoms with van der Waals surface area (Å²) in [5.74, 6) is -5.33. The van der Waals surface area contributed by atoms with Gasteiger partial charge in [-0.3, -0.25) is 0 Å². The Balaban J connectivity index is 0.000000166. The topological polar surface area (TPSA) is 13.0 Å². The van der Waals surface area contributed by atoms with Crippen LogP contribution in [0, 0.1) is 23.3 Å². The monoisotopic (exact) mass is 1790 g/mol. The summed E-state index contributed by atoms with van der Waals surface area (Å²) in [7, 11) is 0. The highest BCUT2D eigenvalue weighted by Crippen LogP contribution is 2.61. The minimum absolute atomic E-state index is 0.0756. The Morgan fingerprint density at radius 2 is 0.500 bits per heavy atom. The first kappa shape index (κ1) is 46.9. The van der Waals surface area contributed by atoms with E-state index in [1.165, 1.54) is 0 Å². The molecule has 0 bridgehead atoms. The molecule has 0 atom stereocenters. The molecule has 8 heterocycles. The number of fused-ring (bicyclic) bond motifs is 20. The third-order valence-corrected chi connectivity index (χ3v) is 28.1. The molecule has 0 saturated carbocycles. The minimum atomic E-state index is -1.99. The molecule has 8 aliphatic heterocycles. The quantitative estimate of drug-likeness (QED) is 0.0993. The molecule has 0 radical (unpaired) electrons. The molecule has 20 aromatic rings. The van der Waals surface area contributed by atoms with Gasteiger partial charge in [0.05, 0.1) is 68.9 Å². The van der Waals surface area contributed by atoms with Gasteiger partial charge in [-0.25, -0.2) is 17.6 Å². The van der Waals surface area contributed by atoms with Gasteiger partial charge in [-0.2, -0.15) is 0 Å². The highest BCUT2D eigenvalue weighted by Gasteiger charge is 2.56. The number of nitrogens with zero attached hydrogens (tertiary/aromatic N) is 4. The molecule has 8 aliphatic rings. The van der Waals surface area contributed by atoms with Crippen LogP contribution < -0.4 is 85.2 Å². The van der Waals surface area contributed by atoms with E-state index in [0.29, 0.717) is 43.9 Å². The summed E-state index contributed by atoms with van der Waals surface area (Å²) in [5, 5.41) is 0. The van der Waals surface area contributed by atoms with Crippen molar-refractivity contribution in [1.29, 1.82) is 0 Å². The molecule has 4 nitrogen and oxygen atoms in total. The number of para-hydroxylation sites is 6. The van der Waals surface area contributed by atoms with Gasteiger partial charge in [0.15, 0.2) is 0 Å². The maximum absolute atomic E-state index is 17.9. The second kappa shape index (κ2) is 31.0. The van der Waals surface area contributed by atoms with E-state index < -0.39 is 421 Å². The van der Waals surface area contributed by atoms with Crippen molar-refractivity contribution in [2.45, 2.75) is 19.6 Å². The fraction of sp³-hybridized carbons (Fsp3) is 0. The summed E-state index contributed by atoms with van der Waals surface area (Å²) < 4.78 is 468. The van der Waals surface area contributed by atoms with Crippen LogP contribution in [0.3, 0.4) is 0 Å². The molecule has 0 aliphatic carbocycles. The number of hydrogen-bond donors (Lipinski definition) is 0. The molecular weight excluding hydrogens is 1680 g/mol. The zero-order valence-electron chi connectivity index (χ0n) is 111. The molecule has 20 aromatic carbocycles. The second-order valence-electron chi connectivity index (χ2n) is 32.3. The van der Waals surface area contributed by atoms with Crippen LogP contribution in [0.15, 0.2) is 455 Å². The summed E-state index contributed by atoms with van der Waals surface area (Å²) in [6.07, 6.45) is 0. The normalized spacial score (nSPS) is 17.7. The van der Waals surface area contributed by atoms with Gasteiger partial charge in [0.2, 0.25) is 13.4 Å². The minimum Gasteiger partial charge on any atom is -0.312 e. The Kier molecular flexibility index (Phi) is 10.8. The molecule has 0 aromatic heterocycles. The Morgan fingerprint density at radius 3 is 0.866 bits per heavy atom. The van der Waals surface area contributed by atoms with E-state index in [-0.39, 0.29) is 53.5 Å². The SMILES string of the molecule is [2H]c1c([2H])c([2H])c(-c2c([2H])c([2H])c([2H])c(-c3c([2H])c([2H])c([2H])c([2H])c3[2H])c2-c2c3c4c5c6c2N(c2c(F)cccc2F)c2c([2H])c([2H])c([2H])c([2H])c2B6c2c([2H])c([2H])c([2H])c([2H])c2N5c2c([2H])c([2H])c([2H])c([2H])c2B4c2ccccc2S3)c([2H])c1[2H].[2H]c1c([2H])c([2H])c(-c2c([2H])c([2H])c([2H])c(-c3c([2H])c([2H])c([2H])c([2H])c3[2H])c2-c2c3c4c5c6c2N(c2c(F)cccc2F)c2c([2H])c([2H])c([2H])c([2H])c2B6c2cc(-c6ccccc6)ccc2N5c2ccc(-c5ccccc5)cc2B4c2ccccc2S3)c([2H])c1[2H]. The molecule has 0 N–H and O–H groups in total. The number of hydrogen-bond acceptors (Lipinski definition) is 6. The van der Waals surface area contributed by atoms with Gasteiger partial charge in [-0.1, -0.05) is 398 Å². The van der Waals surface area contributed by atoms with Crippen molar-refractivity contribution in [3.8, 4) is 89.0 Å². The third-order valence-electron chi connectivity index (χ3n) is 25.7. The smallest absolute Gasteiger partial charge is 0.252 e. The highest BCUT2D eigenvalue weighted by molar-refractivity contribution is 8.00. The van der Waals surface area contributed by atoms with Gasteiger partial charge in [-0.05, 0) is 194 Å². The largest absolute Gasteiger partial charge is 0.312 e. The van der Waals surface area contributed by atoms with Gasteiger partial charge in [-0.15, -0.1) is 0 Å². The van der Waals surface area contributed by atoms with Crippen molar-refractivity contribution in [3.63, 3.8) is 0 Å². The molecule has 0 unspecified atom stereocenters. The summed E-state index contributed by atoms with van der Waals surface area (Å²) in [6, 6.07) is 12.0. The van der Waals surface area contributed by atoms with E-state index in [1.54, 1.807) is 30.3 Å². The molecular formula is C120H72B4F4N4S2. The first-order valence-corrected chi connectivity index (χ1v) is 43.8. The van der Waals surface area contributed by atoms with Crippen molar-refractivity contribution in [2.75, 3.05) is 19.6 Å². The van der Waals surface area contributed by atoms with Crippen LogP contribution in [0.4, 0.5) is 85.8 Å². The standard InChI is InChI=1S/C66H40B2F2N2S.C54H32B2F2N2S/c69-53-31-18-32-54(70)63(53)72-55-33-15-13-29-49(55)67-51-39-45(41-19-5-1-6-20-41)35-37-56(51)71-57-38-36-46(42-21-7-2-8-22-42)40-52(57)68-50-30-14-16-34-58(50)73-66-60(64(72)61(67)65(71)62(66)68)59-47(43-23-9-3-10-24-43)27-17-28-48(59)44-25-11-4-12-26-44;57-41-27-16-28-42(58)51(41)60-45-31-13-9-25-39(45)55-37-23-7-11-29-43(37)59-44-30-12-8-24-38(44)56-40-26-10-14-32-46(40)61-54-48(52(60)49(55)53(59)50(54)56)47-35(33-17-3-1-4-18-33)21-15-22-36(47)34-19-5-2-6-20-34/h1-40H;1-32H/i3D,4D,9D,10D,11D,12D,13D,15D,17D,23D,24D,25D,26D,27D,28D,29D,33D;1D,2D,3D,4D,5D,6D,7D,8D,9D,11D,12D,13D,15D,17D,18D,19D,20D,21D,22D,23D,24D,25D,29D,30D,31D. The Labute approximate surface area is 843 Å². The highest BCUT2D eigenvalue weighted by atomic mass is 32.2. The fourth-order valence-electron chi connectivity index (χ4n) is 20.6. The first-order chi connectivity index (χ1) is 83.7. The zero-order valence-corrected chi connectivity index (χ0v) is 70.4. The lowest BCUT2D eigenvalue weighted by Gasteiger charge is -2.50. The van der Waals surface area contributed by atoms with E-state index in [1.807, 2.05) is 114 Å². The Morgan fingerprint density at radius 1 is 0.201 bits per heavy atom. The predicted octanol–water partition coefficient (Wildman–Crippen LogP) is 24.0. The average molecular weight is 1800 g/mol. The zero-order chi connectivity index (χ0) is 125. The van der Waals surface area contributed by atoms with E-state index in [9.17, 15) is 39.8 Å². The molecule has 134 heavy (non-hydrogen) atoms. The number of anilines is 12. The molecule has 28 rings (SSSR count). The van der Waals surface area contributed by atoms with Crippen LogP contribution in [0.5, 0.6) is 0 Å². The van der Waals surface area contributed by atoms with Crippen LogP contribution in [0.2, 0.25) is 0 Å². The Bertz CT molecular complexity index is 10800. The number of rotatable bonds is 10. The van der Waals surface area contributed by atoms with Crippen LogP contribution >= 0.6 is 23.5 Å². The summed E-state index contributed by atoms with van der Waals surface area (Å²) in [4.78, 5) is 5.75. The number of halogens is 4. The summed E-state index contributed by atoms with van der Waals surface area (Å²) in [6.45, 7) is -5.66. The van der Waals surface area contributed by atoms with Crippen molar-refractivity contribution >= 4 is 184 Å². The van der Waals surface area contributed by atoms with E-state index in [0.717, 1.165) is 102 Å². The number of benzene rings is 20. The third kappa shape index (κ3) is 11.6. The van der Waals surface area contributed by atoms with Crippen molar-refractivity contribution in [2.24, 2.45) is 0 Å². The lowest BCUT2D eigenvalue weighted by Crippen LogP contribution is -2.68. The maximum Gasteiger partial charge on any atom is 0.252 e. The van der Waals surface area contributed by atoms with Crippen LogP contribution in [-0.2, 0) is 0 Å². The van der Waals surface area contributed by atoms with Crippen LogP contribution in [-0.4, -0.2) is 26.9 Å². The fourth-order valence-corrected chi connectivity index (χ4v) is 23.2. The van der Waals surface area contributed by atoms with Gasteiger partial charge in [0.25, 0.3) is 13.4 Å². The summed E-state index contributed by atoms with van der Waals surface area (Å²) in [5.41, 5.74) is -8.00. The average Bonchev–Trinajstić information content (AvgIpc) is 0.648. The second-order valence-corrected chi connectivity index (χ2v) is 34.4. The molecule has 14 heteroatoms. The van der Waals surface area contributed by atoms with Crippen molar-refractivity contribution < 1.29 is 75.1 Å². The molecule has 624 valence electrons. The predicted molar refractivity (Wildman–Crippen MR) is 555 cm³/mol. The molecule has 0 spiro atoms. The Hall–Kier alpha value is -15.7. The summed E-state index contributed by atoms with van der Waals surface area (Å²) >= 11 is 1.94. The van der Waals surface area contributed by atoms with Crippen LogP contribution in [0.25, 0.3) is 89.0 Å². The van der Waals surface area contributed by atoms with Gasteiger partial charge in [0, 0.05) is 87.3 Å². The molecule has 0 fully saturated rings. The van der Waals surface area contributed by atoms with E-state index in [2.05, 4.69) is 6.07 Å². The van der Waals surface area contributed by atoms with E-state index in [4.69, 9.17) is 17.8 Å². The van der Waals surface area contributed by atoms with Gasteiger partial charge < -0.3 is 19.6 Å². The first-order valence-electron chi connectivity index (χ1n) is 63.2. The maximum atomic E-state index is 17.9. The van der Waals surface area contributed by atoms with Gasteiger partial charge >= 0.3 is 0 Å². The van der Waals surface area contributed by atoms with E-state index >= 15 is 17.6 Å². The van der Waals surface area contributed by atoms with Crippen LogP contribution in [0.1, 0.15) is 57.6 Å². The lowest BCUT2D eigenvalue weighted by molar-refractivity contribution is 0.585. The lowest BCUT2D eigenvalue weighted by atomic mass is 9.29. The van der Waals surface area contributed by atoms with Crippen molar-refractivity contribution in [3.05, 3.63) is 459 Å².